The molecule has 1 saturated carbocycles. The maximum absolute atomic E-state index is 10.8. The van der Waals surface area contributed by atoms with Crippen molar-refractivity contribution in [3.63, 3.8) is 0 Å². The molecule has 1 saturated heterocycles. The Morgan fingerprint density at radius 3 is 2.35 bits per heavy atom. The normalized spacial score (nSPS) is 24.1. The van der Waals surface area contributed by atoms with E-state index in [-0.39, 0.29) is 0 Å². The van der Waals surface area contributed by atoms with Crippen LogP contribution in [0.3, 0.4) is 0 Å². The highest BCUT2D eigenvalue weighted by atomic mass is 35.5. The van der Waals surface area contributed by atoms with E-state index in [9.17, 15) is 5.11 Å². The Balaban J connectivity index is 1.70. The predicted octanol–water partition coefficient (Wildman–Crippen LogP) is 3.58. The Morgan fingerprint density at radius 2 is 1.70 bits per heavy atom. The van der Waals surface area contributed by atoms with Gasteiger partial charge in [-0.3, -0.25) is 0 Å². The van der Waals surface area contributed by atoms with Gasteiger partial charge < -0.3 is 14.6 Å². The van der Waals surface area contributed by atoms with Crippen LogP contribution in [-0.2, 0) is 15.9 Å². The zero-order chi connectivity index (χ0) is 14.2. The molecule has 20 heavy (non-hydrogen) atoms. The average molecular weight is 317 g/mol. The number of aliphatic hydroxyl groups is 1. The molecule has 1 heterocycles. The summed E-state index contributed by atoms with van der Waals surface area (Å²) in [5.41, 5.74) is 0.139. The third-order valence-corrected chi connectivity index (χ3v) is 4.89. The number of hydrogen-bond acceptors (Lipinski definition) is 3. The third-order valence-electron chi connectivity index (χ3n) is 4.28. The first kappa shape index (κ1) is 14.6. The van der Waals surface area contributed by atoms with Crippen molar-refractivity contribution in [2.24, 2.45) is 0 Å². The van der Waals surface area contributed by atoms with Gasteiger partial charge in [-0.05, 0) is 36.6 Å². The molecule has 1 N–H and O–H groups in total. The Morgan fingerprint density at radius 1 is 1.05 bits per heavy atom. The fourth-order valence-electron chi connectivity index (χ4n) is 3.09. The second kappa shape index (κ2) is 5.47. The molecule has 1 aliphatic heterocycles. The molecule has 0 radical (unpaired) electrons. The second-order valence-electron chi connectivity index (χ2n) is 5.74. The lowest BCUT2D eigenvalue weighted by atomic mass is 9.78. The lowest BCUT2D eigenvalue weighted by Gasteiger charge is -2.40. The van der Waals surface area contributed by atoms with Crippen LogP contribution < -0.4 is 0 Å². The predicted molar refractivity (Wildman–Crippen MR) is 78.2 cm³/mol. The van der Waals surface area contributed by atoms with Gasteiger partial charge in [-0.15, -0.1) is 0 Å². The van der Waals surface area contributed by atoms with E-state index < -0.39 is 11.4 Å². The molecule has 1 aromatic carbocycles. The van der Waals surface area contributed by atoms with Gasteiger partial charge in [-0.25, -0.2) is 0 Å². The quantitative estimate of drug-likeness (QED) is 0.906. The smallest absolute Gasteiger partial charge is 0.168 e. The van der Waals surface area contributed by atoms with E-state index in [4.69, 9.17) is 32.7 Å². The highest BCUT2D eigenvalue weighted by Crippen LogP contribution is 2.42. The standard InChI is InChI=1S/C15H18Cl2O3/c16-12-1-2-13(17)11(9-12)10-14(18)3-5-15(6-4-14)19-7-8-20-15/h1-2,9,18H,3-8,10H2. The molecule has 5 heteroatoms. The Labute approximate surface area is 128 Å². The molecular weight excluding hydrogens is 299 g/mol. The van der Waals surface area contributed by atoms with E-state index in [0.29, 0.717) is 42.5 Å². The van der Waals surface area contributed by atoms with Crippen LogP contribution in [0.15, 0.2) is 18.2 Å². The molecule has 0 unspecified atom stereocenters. The summed E-state index contributed by atoms with van der Waals surface area (Å²) in [6.07, 6.45) is 3.26. The lowest BCUT2D eigenvalue weighted by molar-refractivity contribution is -0.202. The zero-order valence-corrected chi connectivity index (χ0v) is 12.7. The van der Waals surface area contributed by atoms with Gasteiger partial charge in [0.25, 0.3) is 0 Å². The van der Waals surface area contributed by atoms with Gasteiger partial charge in [0, 0.05) is 29.3 Å². The van der Waals surface area contributed by atoms with Crippen molar-refractivity contribution in [1.29, 1.82) is 0 Å². The van der Waals surface area contributed by atoms with Gasteiger partial charge >= 0.3 is 0 Å². The van der Waals surface area contributed by atoms with Crippen molar-refractivity contribution in [1.82, 2.24) is 0 Å². The van der Waals surface area contributed by atoms with Crippen LogP contribution in [0.5, 0.6) is 0 Å². The highest BCUT2D eigenvalue weighted by molar-refractivity contribution is 6.33. The van der Waals surface area contributed by atoms with E-state index in [0.717, 1.165) is 18.4 Å². The van der Waals surface area contributed by atoms with E-state index >= 15 is 0 Å². The van der Waals surface area contributed by atoms with Crippen LogP contribution in [0.1, 0.15) is 31.2 Å². The fourth-order valence-corrected chi connectivity index (χ4v) is 3.47. The molecule has 0 amide bonds. The molecule has 0 bridgehead atoms. The summed E-state index contributed by atoms with van der Waals surface area (Å²) in [7, 11) is 0. The zero-order valence-electron chi connectivity index (χ0n) is 11.2. The summed E-state index contributed by atoms with van der Waals surface area (Å²) in [6, 6.07) is 5.36. The molecule has 2 aliphatic rings. The molecule has 0 atom stereocenters. The summed E-state index contributed by atoms with van der Waals surface area (Å²) >= 11 is 12.2. The minimum absolute atomic E-state index is 0.454. The third kappa shape index (κ3) is 2.97. The molecule has 1 aromatic rings. The number of benzene rings is 1. The minimum atomic E-state index is -0.755. The van der Waals surface area contributed by atoms with Gasteiger partial charge in [-0.2, -0.15) is 0 Å². The van der Waals surface area contributed by atoms with Crippen molar-refractivity contribution in [3.8, 4) is 0 Å². The van der Waals surface area contributed by atoms with Gasteiger partial charge in [0.2, 0.25) is 0 Å². The van der Waals surface area contributed by atoms with Gasteiger partial charge in [0.15, 0.2) is 5.79 Å². The van der Waals surface area contributed by atoms with Gasteiger partial charge in [0.05, 0.1) is 18.8 Å². The molecule has 2 fully saturated rings. The van der Waals surface area contributed by atoms with Crippen LogP contribution in [0, 0.1) is 0 Å². The molecule has 0 aromatic heterocycles. The van der Waals surface area contributed by atoms with E-state index in [1.807, 2.05) is 6.07 Å². The largest absolute Gasteiger partial charge is 0.390 e. The summed E-state index contributed by atoms with van der Waals surface area (Å²) in [5, 5.41) is 12.1. The SMILES string of the molecule is OC1(Cc2cc(Cl)ccc2Cl)CCC2(CC1)OCCO2. The number of rotatable bonds is 2. The molecular formula is C15H18Cl2O3. The van der Waals surface area contributed by atoms with Crippen LogP contribution >= 0.6 is 23.2 Å². The second-order valence-corrected chi connectivity index (χ2v) is 6.59. The van der Waals surface area contributed by atoms with E-state index in [1.54, 1.807) is 12.1 Å². The Kier molecular flexibility index (Phi) is 3.99. The molecule has 3 nitrogen and oxygen atoms in total. The maximum Gasteiger partial charge on any atom is 0.168 e. The molecule has 1 spiro atoms. The summed E-state index contributed by atoms with van der Waals surface area (Å²) in [4.78, 5) is 0. The van der Waals surface area contributed by atoms with Crippen LogP contribution in [-0.4, -0.2) is 29.7 Å². The first-order chi connectivity index (χ1) is 9.50. The summed E-state index contributed by atoms with van der Waals surface area (Å²) in [5.74, 6) is -0.454. The van der Waals surface area contributed by atoms with Crippen molar-refractivity contribution in [2.45, 2.75) is 43.5 Å². The van der Waals surface area contributed by atoms with Crippen molar-refractivity contribution >= 4 is 23.2 Å². The average Bonchev–Trinajstić information content (AvgIpc) is 2.87. The van der Waals surface area contributed by atoms with Gasteiger partial charge in [-0.1, -0.05) is 23.2 Å². The first-order valence-electron chi connectivity index (χ1n) is 6.95. The summed E-state index contributed by atoms with van der Waals surface area (Å²) < 4.78 is 11.4. The monoisotopic (exact) mass is 316 g/mol. The molecule has 110 valence electrons. The van der Waals surface area contributed by atoms with Crippen LogP contribution in [0.4, 0.5) is 0 Å². The first-order valence-corrected chi connectivity index (χ1v) is 7.70. The fraction of sp³-hybridized carbons (Fsp3) is 0.600. The number of halogens is 2. The Hall–Kier alpha value is -0.320. The molecule has 1 aliphatic carbocycles. The summed E-state index contributed by atoms with van der Waals surface area (Å²) in [6.45, 7) is 1.30. The minimum Gasteiger partial charge on any atom is -0.390 e. The van der Waals surface area contributed by atoms with Gasteiger partial charge in [0.1, 0.15) is 0 Å². The van der Waals surface area contributed by atoms with Crippen molar-refractivity contribution in [2.75, 3.05) is 13.2 Å². The van der Waals surface area contributed by atoms with Crippen LogP contribution in [0.25, 0.3) is 0 Å². The Bertz CT molecular complexity index is 488. The van der Waals surface area contributed by atoms with E-state index in [1.165, 1.54) is 0 Å². The van der Waals surface area contributed by atoms with Crippen molar-refractivity contribution in [3.05, 3.63) is 33.8 Å². The highest BCUT2D eigenvalue weighted by Gasteiger charge is 2.45. The number of hydrogen-bond donors (Lipinski definition) is 1. The topological polar surface area (TPSA) is 38.7 Å². The van der Waals surface area contributed by atoms with Crippen molar-refractivity contribution < 1.29 is 14.6 Å². The maximum atomic E-state index is 10.8. The lowest BCUT2D eigenvalue weighted by Crippen LogP contribution is -2.44. The molecule has 3 rings (SSSR count). The van der Waals surface area contributed by atoms with Crippen LogP contribution in [0.2, 0.25) is 10.0 Å². The number of ether oxygens (including phenoxy) is 2. The van der Waals surface area contributed by atoms with E-state index in [2.05, 4.69) is 0 Å².